The number of halogens is 1. The smallest absolute Gasteiger partial charge is 0.137 e. The molecule has 0 radical (unpaired) electrons. The van der Waals surface area contributed by atoms with Gasteiger partial charge in [0.05, 0.1) is 24.0 Å². The Labute approximate surface area is 105 Å². The SMILES string of the molecule is COc1ccc(-n2cc(CCN)cn2)cc1Cl. The van der Waals surface area contributed by atoms with E-state index in [1.807, 2.05) is 30.6 Å². The Balaban J connectivity index is 2.29. The molecule has 0 bridgehead atoms. The summed E-state index contributed by atoms with van der Waals surface area (Å²) in [6, 6.07) is 5.55. The lowest BCUT2D eigenvalue weighted by Gasteiger charge is -2.05. The van der Waals surface area contributed by atoms with Crippen LogP contribution < -0.4 is 10.5 Å². The molecule has 0 unspecified atom stereocenters. The van der Waals surface area contributed by atoms with Crippen LogP contribution in [0.2, 0.25) is 5.02 Å². The molecule has 17 heavy (non-hydrogen) atoms. The number of aromatic nitrogens is 2. The molecule has 90 valence electrons. The number of rotatable bonds is 4. The van der Waals surface area contributed by atoms with Crippen molar-refractivity contribution in [3.05, 3.63) is 41.2 Å². The lowest BCUT2D eigenvalue weighted by molar-refractivity contribution is 0.415. The summed E-state index contributed by atoms with van der Waals surface area (Å²) in [4.78, 5) is 0. The van der Waals surface area contributed by atoms with Gasteiger partial charge in [-0.15, -0.1) is 0 Å². The molecule has 0 fully saturated rings. The molecule has 0 saturated heterocycles. The molecule has 0 saturated carbocycles. The van der Waals surface area contributed by atoms with Gasteiger partial charge in [0.1, 0.15) is 5.75 Å². The Bertz CT molecular complexity index is 510. The van der Waals surface area contributed by atoms with Crippen molar-refractivity contribution >= 4 is 11.6 Å². The molecule has 2 N–H and O–H groups in total. The first-order valence-corrected chi connectivity index (χ1v) is 5.70. The predicted molar refractivity (Wildman–Crippen MR) is 67.9 cm³/mol. The van der Waals surface area contributed by atoms with Gasteiger partial charge in [-0.3, -0.25) is 0 Å². The fourth-order valence-corrected chi connectivity index (χ4v) is 1.85. The van der Waals surface area contributed by atoms with E-state index >= 15 is 0 Å². The van der Waals surface area contributed by atoms with Gasteiger partial charge in [0.25, 0.3) is 0 Å². The molecule has 2 aromatic rings. The minimum atomic E-state index is 0.570. The van der Waals surface area contributed by atoms with Crippen molar-refractivity contribution in [1.29, 1.82) is 0 Å². The summed E-state index contributed by atoms with van der Waals surface area (Å²) < 4.78 is 6.88. The number of benzene rings is 1. The van der Waals surface area contributed by atoms with Crippen LogP contribution in [0.1, 0.15) is 5.56 Å². The summed E-state index contributed by atoms with van der Waals surface area (Å²) in [5.41, 5.74) is 7.51. The number of nitrogens with two attached hydrogens (primary N) is 1. The monoisotopic (exact) mass is 251 g/mol. The summed E-state index contributed by atoms with van der Waals surface area (Å²) in [6.07, 6.45) is 4.58. The Morgan fingerprint density at radius 3 is 2.94 bits per heavy atom. The quantitative estimate of drug-likeness (QED) is 0.905. The van der Waals surface area contributed by atoms with Gasteiger partial charge in [-0.25, -0.2) is 4.68 Å². The first-order valence-electron chi connectivity index (χ1n) is 5.32. The van der Waals surface area contributed by atoms with Gasteiger partial charge >= 0.3 is 0 Å². The van der Waals surface area contributed by atoms with E-state index in [-0.39, 0.29) is 0 Å². The van der Waals surface area contributed by atoms with Gasteiger partial charge in [0.15, 0.2) is 0 Å². The van der Waals surface area contributed by atoms with Crippen LogP contribution in [0, 0.1) is 0 Å². The predicted octanol–water partition coefficient (Wildman–Crippen LogP) is 2.04. The molecule has 5 heteroatoms. The van der Waals surface area contributed by atoms with Crippen LogP contribution in [-0.4, -0.2) is 23.4 Å². The van der Waals surface area contributed by atoms with Crippen molar-refractivity contribution in [2.24, 2.45) is 5.73 Å². The van der Waals surface area contributed by atoms with Crippen LogP contribution in [0.4, 0.5) is 0 Å². The highest BCUT2D eigenvalue weighted by Gasteiger charge is 2.04. The van der Waals surface area contributed by atoms with Gasteiger partial charge in [0, 0.05) is 6.20 Å². The topological polar surface area (TPSA) is 53.1 Å². The van der Waals surface area contributed by atoms with Gasteiger partial charge < -0.3 is 10.5 Å². The molecule has 0 atom stereocenters. The van der Waals surface area contributed by atoms with Gasteiger partial charge in [-0.2, -0.15) is 5.10 Å². The van der Waals surface area contributed by atoms with E-state index in [2.05, 4.69) is 5.10 Å². The standard InChI is InChI=1S/C12H14ClN3O/c1-17-12-3-2-10(6-11(12)13)16-8-9(4-5-14)7-15-16/h2-3,6-8H,4-5,14H2,1H3. The third kappa shape index (κ3) is 2.60. The van der Waals surface area contributed by atoms with Crippen molar-refractivity contribution in [3.8, 4) is 11.4 Å². The summed E-state index contributed by atoms with van der Waals surface area (Å²) in [7, 11) is 1.59. The average Bonchev–Trinajstić information content (AvgIpc) is 2.78. The summed E-state index contributed by atoms with van der Waals surface area (Å²) >= 11 is 6.06. The maximum Gasteiger partial charge on any atom is 0.137 e. The molecule has 1 aromatic heterocycles. The molecular weight excluding hydrogens is 238 g/mol. The molecule has 0 amide bonds. The highest BCUT2D eigenvalue weighted by molar-refractivity contribution is 6.32. The third-order valence-electron chi connectivity index (χ3n) is 2.47. The molecule has 0 aliphatic heterocycles. The van der Waals surface area contributed by atoms with E-state index in [1.165, 1.54) is 0 Å². The number of hydrogen-bond donors (Lipinski definition) is 1. The van der Waals surface area contributed by atoms with E-state index in [9.17, 15) is 0 Å². The summed E-state index contributed by atoms with van der Waals surface area (Å²) in [5.74, 6) is 0.657. The van der Waals surface area contributed by atoms with Crippen molar-refractivity contribution < 1.29 is 4.74 Å². The minimum Gasteiger partial charge on any atom is -0.495 e. The number of hydrogen-bond acceptors (Lipinski definition) is 3. The molecule has 0 aliphatic carbocycles. The van der Waals surface area contributed by atoms with Crippen molar-refractivity contribution in [2.45, 2.75) is 6.42 Å². The van der Waals surface area contributed by atoms with Gasteiger partial charge in [-0.05, 0) is 36.7 Å². The van der Waals surface area contributed by atoms with Crippen LogP contribution in [0.15, 0.2) is 30.6 Å². The van der Waals surface area contributed by atoms with Crippen LogP contribution in [0.5, 0.6) is 5.75 Å². The molecule has 0 aliphatic rings. The zero-order chi connectivity index (χ0) is 12.3. The first kappa shape index (κ1) is 12.0. The Morgan fingerprint density at radius 1 is 1.47 bits per heavy atom. The highest BCUT2D eigenvalue weighted by atomic mass is 35.5. The Kier molecular flexibility index (Phi) is 3.66. The second kappa shape index (κ2) is 5.21. The highest BCUT2D eigenvalue weighted by Crippen LogP contribution is 2.26. The fourth-order valence-electron chi connectivity index (χ4n) is 1.59. The van der Waals surface area contributed by atoms with E-state index in [0.717, 1.165) is 17.7 Å². The minimum absolute atomic E-state index is 0.570. The Hall–Kier alpha value is -1.52. The summed E-state index contributed by atoms with van der Waals surface area (Å²) in [6.45, 7) is 0.620. The molecule has 1 heterocycles. The lowest BCUT2D eigenvalue weighted by Crippen LogP contribution is -2.01. The van der Waals surface area contributed by atoms with Gasteiger partial charge in [-0.1, -0.05) is 11.6 Å². The zero-order valence-electron chi connectivity index (χ0n) is 9.56. The fraction of sp³-hybridized carbons (Fsp3) is 0.250. The van der Waals surface area contributed by atoms with Crippen LogP contribution in [0.3, 0.4) is 0 Å². The second-order valence-electron chi connectivity index (χ2n) is 3.65. The first-order chi connectivity index (χ1) is 8.24. The zero-order valence-corrected chi connectivity index (χ0v) is 10.3. The van der Waals surface area contributed by atoms with Crippen LogP contribution >= 0.6 is 11.6 Å². The van der Waals surface area contributed by atoms with E-state index in [4.69, 9.17) is 22.1 Å². The number of methoxy groups -OCH3 is 1. The average molecular weight is 252 g/mol. The van der Waals surface area contributed by atoms with Crippen LogP contribution in [-0.2, 0) is 6.42 Å². The van der Waals surface area contributed by atoms with E-state index in [1.54, 1.807) is 11.8 Å². The Morgan fingerprint density at radius 2 is 2.29 bits per heavy atom. The second-order valence-corrected chi connectivity index (χ2v) is 4.06. The largest absolute Gasteiger partial charge is 0.495 e. The van der Waals surface area contributed by atoms with Crippen LogP contribution in [0.25, 0.3) is 5.69 Å². The molecule has 2 rings (SSSR count). The van der Waals surface area contributed by atoms with Crippen molar-refractivity contribution in [2.75, 3.05) is 13.7 Å². The maximum atomic E-state index is 6.06. The molecule has 1 aromatic carbocycles. The van der Waals surface area contributed by atoms with E-state index in [0.29, 0.717) is 17.3 Å². The van der Waals surface area contributed by atoms with Gasteiger partial charge in [0.2, 0.25) is 0 Å². The summed E-state index contributed by atoms with van der Waals surface area (Å²) in [5, 5.41) is 4.83. The number of ether oxygens (including phenoxy) is 1. The molecule has 0 spiro atoms. The van der Waals surface area contributed by atoms with Crippen molar-refractivity contribution in [3.63, 3.8) is 0 Å². The lowest BCUT2D eigenvalue weighted by atomic mass is 10.2. The molecule has 4 nitrogen and oxygen atoms in total. The normalized spacial score (nSPS) is 10.5. The maximum absolute atomic E-state index is 6.06. The molecular formula is C12H14ClN3O. The van der Waals surface area contributed by atoms with E-state index < -0.39 is 0 Å². The van der Waals surface area contributed by atoms with Crippen molar-refractivity contribution in [1.82, 2.24) is 9.78 Å². The third-order valence-corrected chi connectivity index (χ3v) is 2.76. The number of nitrogens with zero attached hydrogens (tertiary/aromatic N) is 2.